The third-order valence-electron chi connectivity index (χ3n) is 6.53. The molecule has 0 radical (unpaired) electrons. The van der Waals surface area contributed by atoms with Gasteiger partial charge in [-0.25, -0.2) is 0 Å². The van der Waals surface area contributed by atoms with Crippen LogP contribution in [0.5, 0.6) is 11.5 Å². The molecule has 1 aromatic heterocycles. The standard InChI is InChI=1S/C24H33N3O4/c1-3-30-23-9-16(2)7-8-21(23)31-22-11-19-15-27(14-18(19)10-20(22)28)24(29)6-4-5-17-12-25-26-13-17/h7-9,12-13,18-20,22,28H,3-6,10-11,14-15H2,1-2H3,(H,25,26)/t18-,19+,20+,22+/m0/s1. The van der Waals surface area contributed by atoms with Crippen LogP contribution in [0.25, 0.3) is 0 Å². The summed E-state index contributed by atoms with van der Waals surface area (Å²) in [5.74, 6) is 2.32. The zero-order chi connectivity index (χ0) is 21.8. The molecule has 1 aliphatic carbocycles. The maximum atomic E-state index is 12.7. The fourth-order valence-corrected chi connectivity index (χ4v) is 4.88. The Labute approximate surface area is 183 Å². The molecule has 2 N–H and O–H groups in total. The SMILES string of the molecule is CCOc1cc(C)ccc1O[C@@H]1C[C@@H]2CN(C(=O)CCCc3cn[nH]c3)C[C@@H]2C[C@H]1O. The molecule has 2 aromatic rings. The van der Waals surface area contributed by atoms with Crippen LogP contribution >= 0.6 is 0 Å². The van der Waals surface area contributed by atoms with Crippen molar-refractivity contribution >= 4 is 5.91 Å². The van der Waals surface area contributed by atoms with Gasteiger partial charge in [-0.05, 0) is 74.6 Å². The van der Waals surface area contributed by atoms with Crippen molar-refractivity contribution in [1.29, 1.82) is 0 Å². The second kappa shape index (κ2) is 9.73. The predicted molar refractivity (Wildman–Crippen MR) is 117 cm³/mol. The molecule has 1 aliphatic heterocycles. The molecule has 7 nitrogen and oxygen atoms in total. The Kier molecular flexibility index (Phi) is 6.80. The van der Waals surface area contributed by atoms with Crippen LogP contribution in [0.3, 0.4) is 0 Å². The summed E-state index contributed by atoms with van der Waals surface area (Å²) in [4.78, 5) is 14.7. The number of H-pyrrole nitrogens is 1. The van der Waals surface area contributed by atoms with Gasteiger partial charge in [-0.3, -0.25) is 9.89 Å². The Morgan fingerprint density at radius 3 is 2.81 bits per heavy atom. The molecule has 0 bridgehead atoms. The highest BCUT2D eigenvalue weighted by Crippen LogP contribution is 2.39. The Bertz CT molecular complexity index is 870. The summed E-state index contributed by atoms with van der Waals surface area (Å²) in [5, 5.41) is 17.5. The van der Waals surface area contributed by atoms with Crippen LogP contribution in [-0.4, -0.2) is 58.0 Å². The lowest BCUT2D eigenvalue weighted by Crippen LogP contribution is -2.42. The van der Waals surface area contributed by atoms with E-state index in [1.165, 1.54) is 0 Å². The smallest absolute Gasteiger partial charge is 0.222 e. The molecule has 2 aliphatic rings. The van der Waals surface area contributed by atoms with Crippen LogP contribution in [0.15, 0.2) is 30.6 Å². The number of hydrogen-bond acceptors (Lipinski definition) is 5. The largest absolute Gasteiger partial charge is 0.490 e. The molecule has 2 heterocycles. The Morgan fingerprint density at radius 1 is 1.26 bits per heavy atom. The van der Waals surface area contributed by atoms with E-state index in [-0.39, 0.29) is 12.0 Å². The van der Waals surface area contributed by atoms with Gasteiger partial charge in [0.2, 0.25) is 5.91 Å². The molecule has 0 unspecified atom stereocenters. The number of carbonyl (C=O) groups excluding carboxylic acids is 1. The number of likely N-dealkylation sites (tertiary alicyclic amines) is 1. The van der Waals surface area contributed by atoms with Gasteiger partial charge in [-0.1, -0.05) is 6.07 Å². The summed E-state index contributed by atoms with van der Waals surface area (Å²) < 4.78 is 12.0. The van der Waals surface area contributed by atoms with Crippen LogP contribution < -0.4 is 9.47 Å². The highest BCUT2D eigenvalue weighted by Gasteiger charge is 2.43. The molecular formula is C24H33N3O4. The number of benzene rings is 1. The monoisotopic (exact) mass is 427 g/mol. The van der Waals surface area contributed by atoms with E-state index < -0.39 is 6.10 Å². The van der Waals surface area contributed by atoms with Crippen molar-refractivity contribution in [3.63, 3.8) is 0 Å². The van der Waals surface area contributed by atoms with Crippen molar-refractivity contribution < 1.29 is 19.4 Å². The zero-order valence-electron chi connectivity index (χ0n) is 18.4. The molecule has 1 aromatic carbocycles. The van der Waals surface area contributed by atoms with E-state index in [2.05, 4.69) is 10.2 Å². The third-order valence-corrected chi connectivity index (χ3v) is 6.53. The number of aliphatic hydroxyl groups excluding tert-OH is 1. The summed E-state index contributed by atoms with van der Waals surface area (Å²) in [6, 6.07) is 5.88. The van der Waals surface area contributed by atoms with Crippen LogP contribution in [-0.2, 0) is 11.2 Å². The van der Waals surface area contributed by atoms with Gasteiger partial charge in [0.1, 0.15) is 6.10 Å². The highest BCUT2D eigenvalue weighted by atomic mass is 16.5. The molecule has 7 heteroatoms. The molecule has 4 atom stereocenters. The first-order chi connectivity index (χ1) is 15.0. The van der Waals surface area contributed by atoms with E-state index in [1.54, 1.807) is 6.20 Å². The first-order valence-corrected chi connectivity index (χ1v) is 11.4. The topological polar surface area (TPSA) is 87.7 Å². The average molecular weight is 428 g/mol. The van der Waals surface area contributed by atoms with Crippen LogP contribution in [0, 0.1) is 18.8 Å². The van der Waals surface area contributed by atoms with E-state index in [0.29, 0.717) is 37.0 Å². The van der Waals surface area contributed by atoms with E-state index in [0.717, 1.165) is 49.2 Å². The van der Waals surface area contributed by atoms with Gasteiger partial charge in [0.15, 0.2) is 11.5 Å². The van der Waals surface area contributed by atoms with Gasteiger partial charge in [0.05, 0.1) is 18.9 Å². The fourth-order valence-electron chi connectivity index (χ4n) is 4.88. The van der Waals surface area contributed by atoms with E-state index in [4.69, 9.17) is 9.47 Å². The normalized spacial score (nSPS) is 25.3. The van der Waals surface area contributed by atoms with Gasteiger partial charge in [0, 0.05) is 25.7 Å². The summed E-state index contributed by atoms with van der Waals surface area (Å²) in [6.45, 7) is 6.04. The number of nitrogens with zero attached hydrogens (tertiary/aromatic N) is 2. The molecule has 1 saturated heterocycles. The van der Waals surface area contributed by atoms with Crippen LogP contribution in [0.4, 0.5) is 0 Å². The highest BCUT2D eigenvalue weighted by molar-refractivity contribution is 5.76. The minimum absolute atomic E-state index is 0.210. The molecule has 31 heavy (non-hydrogen) atoms. The minimum atomic E-state index is -0.534. The fraction of sp³-hybridized carbons (Fsp3) is 0.583. The number of amides is 1. The van der Waals surface area contributed by atoms with Gasteiger partial charge in [-0.15, -0.1) is 0 Å². The molecule has 168 valence electrons. The second-order valence-electron chi connectivity index (χ2n) is 8.86. The second-order valence-corrected chi connectivity index (χ2v) is 8.86. The minimum Gasteiger partial charge on any atom is -0.490 e. The summed E-state index contributed by atoms with van der Waals surface area (Å²) >= 11 is 0. The van der Waals surface area contributed by atoms with Gasteiger partial charge in [0.25, 0.3) is 0 Å². The molecule has 1 saturated carbocycles. The summed E-state index contributed by atoms with van der Waals surface area (Å²) in [6.07, 6.45) is 6.53. The van der Waals surface area contributed by atoms with Crippen molar-refractivity contribution in [2.75, 3.05) is 19.7 Å². The molecule has 1 amide bonds. The van der Waals surface area contributed by atoms with Crippen molar-refractivity contribution in [3.05, 3.63) is 41.7 Å². The predicted octanol–water partition coefficient (Wildman–Crippen LogP) is 3.12. The lowest BCUT2D eigenvalue weighted by molar-refractivity contribution is -0.130. The van der Waals surface area contributed by atoms with E-state index in [1.807, 2.05) is 43.1 Å². The summed E-state index contributed by atoms with van der Waals surface area (Å²) in [5.41, 5.74) is 2.24. The molecule has 4 rings (SSSR count). The quantitative estimate of drug-likeness (QED) is 0.676. The number of ether oxygens (including phenoxy) is 2. The summed E-state index contributed by atoms with van der Waals surface area (Å²) in [7, 11) is 0. The van der Waals surface area contributed by atoms with E-state index >= 15 is 0 Å². The molecule has 2 fully saturated rings. The maximum Gasteiger partial charge on any atom is 0.222 e. The number of aryl methyl sites for hydroxylation is 2. The number of carbonyl (C=O) groups is 1. The number of aromatic amines is 1. The maximum absolute atomic E-state index is 12.7. The third kappa shape index (κ3) is 5.21. The van der Waals surface area contributed by atoms with Gasteiger partial charge < -0.3 is 19.5 Å². The van der Waals surface area contributed by atoms with Crippen molar-refractivity contribution in [2.24, 2.45) is 11.8 Å². The number of nitrogens with one attached hydrogen (secondary N) is 1. The van der Waals surface area contributed by atoms with Crippen molar-refractivity contribution in [3.8, 4) is 11.5 Å². The average Bonchev–Trinajstić information content (AvgIpc) is 3.40. The number of fused-ring (bicyclic) bond motifs is 1. The lowest BCUT2D eigenvalue weighted by Gasteiger charge is -2.35. The zero-order valence-corrected chi connectivity index (χ0v) is 18.4. The van der Waals surface area contributed by atoms with Gasteiger partial charge in [-0.2, -0.15) is 5.10 Å². The molecular weight excluding hydrogens is 394 g/mol. The van der Waals surface area contributed by atoms with Crippen LogP contribution in [0.2, 0.25) is 0 Å². The Hall–Kier alpha value is -2.54. The van der Waals surface area contributed by atoms with Crippen molar-refractivity contribution in [1.82, 2.24) is 15.1 Å². The van der Waals surface area contributed by atoms with Gasteiger partial charge >= 0.3 is 0 Å². The van der Waals surface area contributed by atoms with E-state index in [9.17, 15) is 9.90 Å². The first-order valence-electron chi connectivity index (χ1n) is 11.4. The number of aliphatic hydroxyl groups is 1. The lowest BCUT2D eigenvalue weighted by atomic mass is 9.78. The number of rotatable bonds is 8. The Morgan fingerprint density at radius 2 is 2.06 bits per heavy atom. The Balaban J connectivity index is 1.32. The van der Waals surface area contributed by atoms with Crippen molar-refractivity contribution in [2.45, 2.75) is 58.2 Å². The molecule has 0 spiro atoms. The van der Waals surface area contributed by atoms with Crippen LogP contribution in [0.1, 0.15) is 43.7 Å². The first kappa shape index (κ1) is 21.7. The number of hydrogen-bond donors (Lipinski definition) is 2. The number of aromatic nitrogens is 2.